The molecule has 2 aliphatic rings. The van der Waals surface area contributed by atoms with E-state index in [0.717, 1.165) is 4.90 Å². The molecule has 2 atom stereocenters. The number of rotatable bonds is 6. The Balaban J connectivity index is 1.39. The molecule has 0 saturated carbocycles. The first kappa shape index (κ1) is 20.9. The van der Waals surface area contributed by atoms with E-state index in [2.05, 4.69) is 20.5 Å². The van der Waals surface area contributed by atoms with Crippen molar-refractivity contribution in [1.82, 2.24) is 15.1 Å². The third kappa shape index (κ3) is 3.55. The zero-order valence-corrected chi connectivity index (χ0v) is 18.3. The molecule has 1 fully saturated rings. The van der Waals surface area contributed by atoms with Crippen LogP contribution in [-0.4, -0.2) is 53.3 Å². The highest BCUT2D eigenvalue weighted by Gasteiger charge is 2.55. The van der Waals surface area contributed by atoms with Crippen molar-refractivity contribution in [3.8, 4) is 22.9 Å². The molecular weight excluding hydrogens is 452 g/mol. The molecule has 0 radical (unpaired) electrons. The fourth-order valence-electron chi connectivity index (χ4n) is 3.74. The molecule has 11 nitrogen and oxygen atoms in total. The third-order valence-electron chi connectivity index (χ3n) is 5.33. The van der Waals surface area contributed by atoms with Gasteiger partial charge >= 0.3 is 0 Å². The highest BCUT2D eigenvalue weighted by molar-refractivity contribution is 6.33. The van der Waals surface area contributed by atoms with E-state index in [0.29, 0.717) is 33.6 Å². The predicted octanol–water partition coefficient (Wildman–Crippen LogP) is 2.90. The average molecular weight is 469 g/mol. The van der Waals surface area contributed by atoms with E-state index < -0.39 is 23.9 Å². The largest absolute Gasteiger partial charge is 0.497 e. The van der Waals surface area contributed by atoms with Crippen LogP contribution in [0, 0.1) is 0 Å². The topological polar surface area (TPSA) is 123 Å². The molecule has 1 saturated heterocycles. The van der Waals surface area contributed by atoms with Gasteiger partial charge in [0.05, 0.1) is 24.9 Å². The van der Waals surface area contributed by atoms with E-state index in [1.54, 1.807) is 36.4 Å². The molecule has 2 aromatic carbocycles. The summed E-state index contributed by atoms with van der Waals surface area (Å²) in [7, 11) is 2.97. The van der Waals surface area contributed by atoms with Crippen LogP contribution >= 0.6 is 11.6 Å². The van der Waals surface area contributed by atoms with E-state index >= 15 is 0 Å². The highest BCUT2D eigenvalue weighted by Crippen LogP contribution is 2.36. The van der Waals surface area contributed by atoms with Gasteiger partial charge in [-0.25, -0.2) is 4.90 Å². The molecule has 0 spiro atoms. The summed E-state index contributed by atoms with van der Waals surface area (Å²) in [6.45, 7) is -0.00356. The number of methoxy groups -OCH3 is 2. The number of hydrogen-bond donors (Lipinski definition) is 0. The lowest BCUT2D eigenvalue weighted by Gasteiger charge is -2.20. The van der Waals surface area contributed by atoms with Crippen LogP contribution in [0.25, 0.3) is 11.4 Å². The maximum atomic E-state index is 13.2. The van der Waals surface area contributed by atoms with E-state index in [-0.39, 0.29) is 12.4 Å². The van der Waals surface area contributed by atoms with Crippen LogP contribution in [0.15, 0.2) is 57.3 Å². The Morgan fingerprint density at radius 2 is 1.79 bits per heavy atom. The van der Waals surface area contributed by atoms with Gasteiger partial charge in [-0.05, 0) is 12.1 Å². The lowest BCUT2D eigenvalue weighted by atomic mass is 10.1. The summed E-state index contributed by atoms with van der Waals surface area (Å²) < 4.78 is 15.8. The van der Waals surface area contributed by atoms with Crippen molar-refractivity contribution >= 4 is 29.1 Å². The Hall–Kier alpha value is -3.99. The predicted molar refractivity (Wildman–Crippen MR) is 115 cm³/mol. The van der Waals surface area contributed by atoms with Crippen LogP contribution in [0.3, 0.4) is 0 Å². The van der Waals surface area contributed by atoms with Gasteiger partial charge in [0.25, 0.3) is 11.8 Å². The summed E-state index contributed by atoms with van der Waals surface area (Å²) in [5.41, 5.74) is 0.935. The first-order chi connectivity index (χ1) is 16.0. The smallest absolute Gasteiger partial charge is 0.263 e. The number of amides is 2. The van der Waals surface area contributed by atoms with E-state index in [9.17, 15) is 9.59 Å². The number of aromatic nitrogens is 2. The maximum Gasteiger partial charge on any atom is 0.263 e. The van der Waals surface area contributed by atoms with Crippen molar-refractivity contribution in [3.63, 3.8) is 0 Å². The van der Waals surface area contributed by atoms with Crippen molar-refractivity contribution in [3.05, 3.63) is 53.4 Å². The molecule has 12 heteroatoms. The molecule has 3 heterocycles. The van der Waals surface area contributed by atoms with Crippen molar-refractivity contribution in [1.29, 1.82) is 0 Å². The van der Waals surface area contributed by atoms with E-state index in [4.69, 9.17) is 25.6 Å². The zero-order chi connectivity index (χ0) is 23.1. The molecule has 2 amide bonds. The van der Waals surface area contributed by atoms with Gasteiger partial charge in [-0.2, -0.15) is 10.1 Å². The fourth-order valence-corrected chi connectivity index (χ4v) is 3.96. The SMILES string of the molecule is COc1cc(OC)cc(N2C(=O)[C@H]3N=NN(Cc4nc(-c5ccccc5Cl)no4)[C@H]3C2=O)c1. The van der Waals surface area contributed by atoms with Gasteiger partial charge in [0, 0.05) is 23.8 Å². The maximum absolute atomic E-state index is 13.2. The van der Waals surface area contributed by atoms with Crippen molar-refractivity contribution in [2.75, 3.05) is 19.1 Å². The molecule has 1 aromatic heterocycles. The van der Waals surface area contributed by atoms with Crippen LogP contribution in [-0.2, 0) is 16.1 Å². The average Bonchev–Trinajstić information content (AvgIpc) is 3.52. The summed E-state index contributed by atoms with van der Waals surface area (Å²) >= 11 is 6.19. The minimum atomic E-state index is -0.972. The number of nitrogens with zero attached hydrogens (tertiary/aromatic N) is 6. The molecule has 5 rings (SSSR count). The number of fused-ring (bicyclic) bond motifs is 1. The number of carbonyl (C=O) groups is 2. The first-order valence-corrected chi connectivity index (χ1v) is 10.2. The molecule has 33 heavy (non-hydrogen) atoms. The van der Waals surface area contributed by atoms with Gasteiger partial charge in [0.15, 0.2) is 12.1 Å². The number of hydrogen-bond acceptors (Lipinski definition) is 10. The number of imide groups is 1. The van der Waals surface area contributed by atoms with Gasteiger partial charge in [-0.15, -0.1) is 0 Å². The molecule has 0 aliphatic carbocycles. The second kappa shape index (κ2) is 8.17. The number of anilines is 1. The summed E-state index contributed by atoms with van der Waals surface area (Å²) in [5.74, 6) is 0.426. The molecule has 0 bridgehead atoms. The number of halogens is 1. The zero-order valence-electron chi connectivity index (χ0n) is 17.5. The van der Waals surface area contributed by atoms with Crippen molar-refractivity contribution in [2.45, 2.75) is 18.6 Å². The van der Waals surface area contributed by atoms with E-state index in [1.807, 2.05) is 6.07 Å². The monoisotopic (exact) mass is 468 g/mol. The second-order valence-corrected chi connectivity index (χ2v) is 7.67. The lowest BCUT2D eigenvalue weighted by molar-refractivity contribution is -0.123. The minimum absolute atomic E-state index is 0.00356. The van der Waals surface area contributed by atoms with Crippen molar-refractivity contribution in [2.24, 2.45) is 10.3 Å². The van der Waals surface area contributed by atoms with Crippen LogP contribution in [0.4, 0.5) is 5.69 Å². The lowest BCUT2D eigenvalue weighted by Crippen LogP contribution is -2.39. The molecule has 0 N–H and O–H groups in total. The number of ether oxygens (including phenoxy) is 2. The molecule has 3 aromatic rings. The van der Waals surface area contributed by atoms with Crippen LogP contribution < -0.4 is 14.4 Å². The van der Waals surface area contributed by atoms with Gasteiger partial charge in [0.2, 0.25) is 11.7 Å². The minimum Gasteiger partial charge on any atom is -0.497 e. The normalized spacial score (nSPS) is 19.4. The molecule has 168 valence electrons. The number of benzene rings is 2. The van der Waals surface area contributed by atoms with E-state index in [1.165, 1.54) is 19.2 Å². The fraction of sp³-hybridized carbons (Fsp3) is 0.238. The summed E-state index contributed by atoms with van der Waals surface area (Å²) in [6.07, 6.45) is 0. The van der Waals surface area contributed by atoms with Crippen LogP contribution in [0.5, 0.6) is 11.5 Å². The Kier molecular flexibility index (Phi) is 5.17. The third-order valence-corrected chi connectivity index (χ3v) is 5.66. The summed E-state index contributed by atoms with van der Waals surface area (Å²) in [4.78, 5) is 31.6. The van der Waals surface area contributed by atoms with Gasteiger partial charge in [-0.1, -0.05) is 34.1 Å². The quantitative estimate of drug-likeness (QED) is 0.506. The van der Waals surface area contributed by atoms with Crippen LogP contribution in [0.1, 0.15) is 5.89 Å². The first-order valence-electron chi connectivity index (χ1n) is 9.86. The summed E-state index contributed by atoms with van der Waals surface area (Å²) in [5, 5.41) is 13.8. The van der Waals surface area contributed by atoms with Crippen molar-refractivity contribution < 1.29 is 23.6 Å². The second-order valence-electron chi connectivity index (χ2n) is 7.27. The standard InChI is InChI=1S/C21H17ClN6O5/c1-31-12-7-11(8-13(9-12)32-2)28-20(29)17-18(21(28)30)27(26-24-17)10-16-23-19(25-33-16)14-5-3-4-6-15(14)22/h3-9,17-18H,10H2,1-2H3/t17-,18+/m0/s1. The van der Waals surface area contributed by atoms with Gasteiger partial charge in [-0.3, -0.25) is 14.6 Å². The Morgan fingerprint density at radius 3 is 2.48 bits per heavy atom. The Labute approximate surface area is 192 Å². The summed E-state index contributed by atoms with van der Waals surface area (Å²) in [6, 6.07) is 9.99. The molecule has 2 aliphatic heterocycles. The Bertz CT molecular complexity index is 1260. The van der Waals surface area contributed by atoms with Gasteiger partial charge in [0.1, 0.15) is 18.0 Å². The van der Waals surface area contributed by atoms with Gasteiger partial charge < -0.3 is 14.0 Å². The molecule has 0 unspecified atom stereocenters. The highest BCUT2D eigenvalue weighted by atomic mass is 35.5. The molecular formula is C21H17ClN6O5. The van der Waals surface area contributed by atoms with Crippen LogP contribution in [0.2, 0.25) is 5.02 Å². The Morgan fingerprint density at radius 1 is 1.06 bits per heavy atom. The number of carbonyl (C=O) groups excluding carboxylic acids is 2.